The van der Waals surface area contributed by atoms with Gasteiger partial charge in [0, 0.05) is 45.8 Å². The minimum Gasteiger partial charge on any atom is -0.355 e. The van der Waals surface area contributed by atoms with E-state index in [2.05, 4.69) is 56.1 Å². The largest absolute Gasteiger partial charge is 0.355 e. The third kappa shape index (κ3) is 7.34. The van der Waals surface area contributed by atoms with Crippen LogP contribution in [-0.2, 0) is 6.54 Å². The smallest absolute Gasteiger partial charge is 0.191 e. The molecule has 0 amide bonds. The molecule has 0 aliphatic carbocycles. The SMILES string of the molecule is CCCN(CC)CCNC(=NC)NC1CCN(Cc2ccsc2)CC1. The molecule has 5 nitrogen and oxygen atoms in total. The minimum absolute atomic E-state index is 0.530. The summed E-state index contributed by atoms with van der Waals surface area (Å²) in [5.41, 5.74) is 1.45. The van der Waals surface area contributed by atoms with Crippen molar-refractivity contribution in [3.8, 4) is 0 Å². The first-order chi connectivity index (χ1) is 12.2. The first-order valence-electron chi connectivity index (χ1n) is 9.68. The fourth-order valence-electron chi connectivity index (χ4n) is 3.34. The van der Waals surface area contributed by atoms with Gasteiger partial charge in [-0.2, -0.15) is 11.3 Å². The van der Waals surface area contributed by atoms with Crippen LogP contribution in [0.25, 0.3) is 0 Å². The summed E-state index contributed by atoms with van der Waals surface area (Å²) < 4.78 is 0. The summed E-state index contributed by atoms with van der Waals surface area (Å²) in [5, 5.41) is 11.5. The van der Waals surface area contributed by atoms with Gasteiger partial charge < -0.3 is 15.5 Å². The van der Waals surface area contributed by atoms with Crippen LogP contribution in [0.3, 0.4) is 0 Å². The zero-order valence-electron chi connectivity index (χ0n) is 16.1. The summed E-state index contributed by atoms with van der Waals surface area (Å²) in [6.07, 6.45) is 3.58. The van der Waals surface area contributed by atoms with E-state index in [0.717, 1.165) is 45.2 Å². The van der Waals surface area contributed by atoms with Crippen LogP contribution < -0.4 is 10.6 Å². The average molecular weight is 366 g/mol. The van der Waals surface area contributed by atoms with Gasteiger partial charge in [0.25, 0.3) is 0 Å². The Kier molecular flexibility index (Phi) is 9.29. The summed E-state index contributed by atoms with van der Waals surface area (Å²) >= 11 is 1.79. The van der Waals surface area contributed by atoms with Gasteiger partial charge in [-0.3, -0.25) is 9.89 Å². The normalized spacial score (nSPS) is 17.2. The van der Waals surface area contributed by atoms with Gasteiger partial charge in [-0.25, -0.2) is 0 Å². The number of hydrogen-bond acceptors (Lipinski definition) is 4. The molecule has 1 aliphatic heterocycles. The molecular formula is C19H35N5S. The predicted octanol–water partition coefficient (Wildman–Crippen LogP) is 2.61. The van der Waals surface area contributed by atoms with Crippen molar-refractivity contribution in [3.63, 3.8) is 0 Å². The van der Waals surface area contributed by atoms with Crippen LogP contribution >= 0.6 is 11.3 Å². The summed E-state index contributed by atoms with van der Waals surface area (Å²) in [6.45, 7) is 12.2. The maximum atomic E-state index is 4.39. The Morgan fingerprint density at radius 3 is 2.72 bits per heavy atom. The first-order valence-corrected chi connectivity index (χ1v) is 10.6. The van der Waals surface area contributed by atoms with E-state index in [1.165, 1.54) is 31.4 Å². The van der Waals surface area contributed by atoms with Crippen molar-refractivity contribution in [2.24, 2.45) is 4.99 Å². The maximum Gasteiger partial charge on any atom is 0.191 e. The van der Waals surface area contributed by atoms with E-state index in [9.17, 15) is 0 Å². The van der Waals surface area contributed by atoms with E-state index >= 15 is 0 Å². The summed E-state index contributed by atoms with van der Waals surface area (Å²) in [4.78, 5) is 9.43. The van der Waals surface area contributed by atoms with E-state index in [1.807, 2.05) is 7.05 Å². The number of nitrogens with one attached hydrogen (secondary N) is 2. The lowest BCUT2D eigenvalue weighted by atomic mass is 10.0. The lowest BCUT2D eigenvalue weighted by Gasteiger charge is -2.33. The summed E-state index contributed by atoms with van der Waals surface area (Å²) in [7, 11) is 1.87. The van der Waals surface area contributed by atoms with Crippen molar-refractivity contribution in [3.05, 3.63) is 22.4 Å². The summed E-state index contributed by atoms with van der Waals surface area (Å²) in [5.74, 6) is 0.948. The van der Waals surface area contributed by atoms with Crippen LogP contribution in [-0.4, -0.2) is 68.1 Å². The molecule has 142 valence electrons. The van der Waals surface area contributed by atoms with E-state index in [4.69, 9.17) is 0 Å². The Hall–Kier alpha value is -1.11. The number of rotatable bonds is 9. The Labute approximate surface area is 157 Å². The van der Waals surface area contributed by atoms with Crippen LogP contribution in [0.2, 0.25) is 0 Å². The second-order valence-electron chi connectivity index (χ2n) is 6.76. The highest BCUT2D eigenvalue weighted by Gasteiger charge is 2.20. The molecule has 0 saturated carbocycles. The quantitative estimate of drug-likeness (QED) is 0.521. The molecule has 0 bridgehead atoms. The summed E-state index contributed by atoms with van der Waals surface area (Å²) in [6, 6.07) is 2.77. The molecule has 0 atom stereocenters. The molecule has 1 fully saturated rings. The second-order valence-corrected chi connectivity index (χ2v) is 7.54. The standard InChI is InChI=1S/C19H35N5S/c1-4-10-23(5-2)13-9-21-19(20-3)22-18-6-11-24(12-7-18)15-17-8-14-25-16-17/h8,14,16,18H,4-7,9-13,15H2,1-3H3,(H2,20,21,22). The Morgan fingerprint density at radius 2 is 2.12 bits per heavy atom. The molecule has 1 aromatic rings. The third-order valence-corrected chi connectivity index (χ3v) is 5.58. The molecule has 0 unspecified atom stereocenters. The van der Waals surface area contributed by atoms with Gasteiger partial charge in [-0.05, 0) is 54.7 Å². The van der Waals surface area contributed by atoms with Crippen molar-refractivity contribution in [2.75, 3.05) is 46.3 Å². The fourth-order valence-corrected chi connectivity index (χ4v) is 4.00. The van der Waals surface area contributed by atoms with Gasteiger partial charge in [0.1, 0.15) is 0 Å². The van der Waals surface area contributed by atoms with Gasteiger partial charge >= 0.3 is 0 Å². The third-order valence-electron chi connectivity index (χ3n) is 4.85. The number of likely N-dealkylation sites (N-methyl/N-ethyl adjacent to an activating group) is 1. The van der Waals surface area contributed by atoms with Crippen LogP contribution in [0.5, 0.6) is 0 Å². The van der Waals surface area contributed by atoms with Gasteiger partial charge in [0.05, 0.1) is 0 Å². The molecule has 2 heterocycles. The van der Waals surface area contributed by atoms with Crippen molar-refractivity contribution in [1.82, 2.24) is 20.4 Å². The predicted molar refractivity (Wildman–Crippen MR) is 110 cm³/mol. The molecule has 2 N–H and O–H groups in total. The first kappa shape index (κ1) is 20.2. The lowest BCUT2D eigenvalue weighted by molar-refractivity contribution is 0.198. The molecule has 25 heavy (non-hydrogen) atoms. The monoisotopic (exact) mass is 365 g/mol. The highest BCUT2D eigenvalue weighted by molar-refractivity contribution is 7.07. The number of aliphatic imine (C=N–C) groups is 1. The zero-order chi connectivity index (χ0) is 17.9. The van der Waals surface area contributed by atoms with Crippen LogP contribution in [0.4, 0.5) is 0 Å². The number of guanidine groups is 1. The Balaban J connectivity index is 1.65. The maximum absolute atomic E-state index is 4.39. The van der Waals surface area contributed by atoms with E-state index in [0.29, 0.717) is 6.04 Å². The average Bonchev–Trinajstić information content (AvgIpc) is 3.14. The van der Waals surface area contributed by atoms with Crippen molar-refractivity contribution in [1.29, 1.82) is 0 Å². The van der Waals surface area contributed by atoms with Gasteiger partial charge in [0.15, 0.2) is 5.96 Å². The number of likely N-dealkylation sites (tertiary alicyclic amines) is 1. The second kappa shape index (κ2) is 11.5. The van der Waals surface area contributed by atoms with Gasteiger partial charge in [-0.15, -0.1) is 0 Å². The minimum atomic E-state index is 0.530. The van der Waals surface area contributed by atoms with Crippen LogP contribution in [0.15, 0.2) is 21.8 Å². The number of hydrogen-bond donors (Lipinski definition) is 2. The highest BCUT2D eigenvalue weighted by Crippen LogP contribution is 2.15. The van der Waals surface area contributed by atoms with E-state index < -0.39 is 0 Å². The van der Waals surface area contributed by atoms with Crippen molar-refractivity contribution < 1.29 is 0 Å². The topological polar surface area (TPSA) is 42.9 Å². The Morgan fingerprint density at radius 1 is 1.32 bits per heavy atom. The Bertz CT molecular complexity index is 480. The van der Waals surface area contributed by atoms with E-state index in [-0.39, 0.29) is 0 Å². The van der Waals surface area contributed by atoms with Crippen molar-refractivity contribution in [2.45, 2.75) is 45.7 Å². The molecule has 0 spiro atoms. The molecular weight excluding hydrogens is 330 g/mol. The van der Waals surface area contributed by atoms with Crippen LogP contribution in [0, 0.1) is 0 Å². The molecule has 1 aromatic heterocycles. The van der Waals surface area contributed by atoms with Crippen LogP contribution in [0.1, 0.15) is 38.7 Å². The molecule has 0 radical (unpaired) electrons. The number of nitrogens with zero attached hydrogens (tertiary/aromatic N) is 3. The van der Waals surface area contributed by atoms with E-state index in [1.54, 1.807) is 11.3 Å². The molecule has 1 saturated heterocycles. The number of piperidine rings is 1. The molecule has 2 rings (SSSR count). The lowest BCUT2D eigenvalue weighted by Crippen LogP contribution is -2.49. The molecule has 0 aromatic carbocycles. The molecule has 1 aliphatic rings. The molecule has 6 heteroatoms. The zero-order valence-corrected chi connectivity index (χ0v) is 16.9. The fraction of sp³-hybridized carbons (Fsp3) is 0.737. The van der Waals surface area contributed by atoms with Crippen molar-refractivity contribution >= 4 is 17.3 Å². The number of thiophene rings is 1. The van der Waals surface area contributed by atoms with Gasteiger partial charge in [0.2, 0.25) is 0 Å². The van der Waals surface area contributed by atoms with Gasteiger partial charge in [-0.1, -0.05) is 13.8 Å². The highest BCUT2D eigenvalue weighted by atomic mass is 32.1.